The van der Waals surface area contributed by atoms with E-state index in [-0.39, 0.29) is 18.9 Å². The molecule has 2 N–H and O–H groups in total. The van der Waals surface area contributed by atoms with Crippen molar-refractivity contribution in [2.45, 2.75) is 36.8 Å². The maximum absolute atomic E-state index is 12.8. The smallest absolute Gasteiger partial charge is 0.326 e. The van der Waals surface area contributed by atoms with Crippen LogP contribution in [0.15, 0.2) is 28.7 Å². The summed E-state index contributed by atoms with van der Waals surface area (Å²) >= 11 is 3.37. The number of nitrogens with zero attached hydrogens (tertiary/aromatic N) is 1. The van der Waals surface area contributed by atoms with Gasteiger partial charge in [-0.3, -0.25) is 4.79 Å². The molecule has 0 spiro atoms. The van der Waals surface area contributed by atoms with Crippen molar-refractivity contribution in [2.75, 3.05) is 6.54 Å². The molecule has 0 bridgehead atoms. The minimum absolute atomic E-state index is 0.105. The number of halogens is 1. The van der Waals surface area contributed by atoms with Crippen molar-refractivity contribution in [1.29, 1.82) is 0 Å². The van der Waals surface area contributed by atoms with Gasteiger partial charge in [0.25, 0.3) is 0 Å². The Morgan fingerprint density at radius 3 is 2.38 bits per heavy atom. The number of hydrogen-bond acceptors (Lipinski definition) is 3. The summed E-state index contributed by atoms with van der Waals surface area (Å²) < 4.78 is 0.939. The second kappa shape index (κ2) is 5.10. The number of hydrogen-bond donors (Lipinski definition) is 2. The molecule has 1 saturated heterocycles. The Kier molecular flexibility index (Phi) is 3.53. The third kappa shape index (κ3) is 2.46. The van der Waals surface area contributed by atoms with Crippen LogP contribution >= 0.6 is 15.9 Å². The number of aliphatic hydroxyl groups excluding tert-OH is 1. The molecule has 0 aromatic heterocycles. The fourth-order valence-corrected chi connectivity index (χ4v) is 3.33. The predicted molar refractivity (Wildman–Crippen MR) is 78.8 cm³/mol. The second-order valence-corrected chi connectivity index (χ2v) is 6.71. The van der Waals surface area contributed by atoms with E-state index in [1.54, 1.807) is 0 Å². The van der Waals surface area contributed by atoms with Gasteiger partial charge in [-0.2, -0.15) is 0 Å². The summed E-state index contributed by atoms with van der Waals surface area (Å²) in [4.78, 5) is 25.4. The molecule has 1 aromatic carbocycles. The van der Waals surface area contributed by atoms with Crippen LogP contribution in [-0.2, 0) is 15.0 Å². The first-order chi connectivity index (χ1) is 9.94. The summed E-state index contributed by atoms with van der Waals surface area (Å²) in [7, 11) is 0. The molecule has 3 rings (SSSR count). The molecule has 1 unspecified atom stereocenters. The molecule has 1 heterocycles. The van der Waals surface area contributed by atoms with Crippen LogP contribution < -0.4 is 0 Å². The number of carbonyl (C=O) groups excluding carboxylic acids is 1. The van der Waals surface area contributed by atoms with Crippen molar-refractivity contribution in [3.05, 3.63) is 34.3 Å². The first kappa shape index (κ1) is 14.5. The summed E-state index contributed by atoms with van der Waals surface area (Å²) in [5.74, 6) is -1.22. The SMILES string of the molecule is O=C(O)[C@@H]1CC(O)CN1C(=O)C1(c2ccc(Br)cc2)CC1. The number of benzene rings is 1. The summed E-state index contributed by atoms with van der Waals surface area (Å²) in [6.07, 6.45) is 0.812. The van der Waals surface area contributed by atoms with Gasteiger partial charge in [0.2, 0.25) is 5.91 Å². The predicted octanol–water partition coefficient (Wildman–Crippen LogP) is 1.53. The number of carboxylic acids is 1. The number of carboxylic acid groups (broad SMARTS) is 1. The highest BCUT2D eigenvalue weighted by molar-refractivity contribution is 9.10. The molecule has 2 atom stereocenters. The average Bonchev–Trinajstić information content (AvgIpc) is 3.15. The zero-order valence-electron chi connectivity index (χ0n) is 11.3. The van der Waals surface area contributed by atoms with Gasteiger partial charge in [0.05, 0.1) is 11.5 Å². The lowest BCUT2D eigenvalue weighted by Gasteiger charge is -2.26. The highest BCUT2D eigenvalue weighted by atomic mass is 79.9. The minimum atomic E-state index is -1.05. The molecule has 1 amide bonds. The number of carbonyl (C=O) groups is 2. The van der Waals surface area contributed by atoms with Gasteiger partial charge < -0.3 is 15.1 Å². The fourth-order valence-electron chi connectivity index (χ4n) is 3.07. The molecular weight excluding hydrogens is 338 g/mol. The van der Waals surface area contributed by atoms with Crippen molar-refractivity contribution in [3.63, 3.8) is 0 Å². The number of rotatable bonds is 3. The Morgan fingerprint density at radius 2 is 1.86 bits per heavy atom. The number of likely N-dealkylation sites (tertiary alicyclic amines) is 1. The third-order valence-electron chi connectivity index (χ3n) is 4.38. The fraction of sp³-hybridized carbons (Fsp3) is 0.467. The second-order valence-electron chi connectivity index (χ2n) is 5.79. The number of amides is 1. The van der Waals surface area contributed by atoms with Gasteiger partial charge in [-0.25, -0.2) is 4.79 Å². The first-order valence-corrected chi connectivity index (χ1v) is 7.71. The normalized spacial score (nSPS) is 26.7. The van der Waals surface area contributed by atoms with E-state index in [1.165, 1.54) is 4.90 Å². The molecular formula is C15H16BrNO4. The maximum Gasteiger partial charge on any atom is 0.326 e. The van der Waals surface area contributed by atoms with Gasteiger partial charge in [-0.1, -0.05) is 28.1 Å². The van der Waals surface area contributed by atoms with Gasteiger partial charge in [0.1, 0.15) is 6.04 Å². The van der Waals surface area contributed by atoms with Crippen molar-refractivity contribution in [1.82, 2.24) is 4.90 Å². The summed E-state index contributed by atoms with van der Waals surface area (Å²) in [6.45, 7) is 0.105. The lowest BCUT2D eigenvalue weighted by molar-refractivity contribution is -0.149. The lowest BCUT2D eigenvalue weighted by Crippen LogP contribution is -2.45. The van der Waals surface area contributed by atoms with Crippen LogP contribution in [0, 0.1) is 0 Å². The summed E-state index contributed by atoms with van der Waals surface area (Å²) in [6, 6.07) is 6.65. The zero-order valence-corrected chi connectivity index (χ0v) is 12.9. The highest BCUT2D eigenvalue weighted by Crippen LogP contribution is 2.50. The van der Waals surface area contributed by atoms with E-state index in [4.69, 9.17) is 0 Å². The largest absolute Gasteiger partial charge is 0.480 e. The average molecular weight is 354 g/mol. The molecule has 1 aliphatic carbocycles. The van der Waals surface area contributed by atoms with E-state index in [1.807, 2.05) is 24.3 Å². The van der Waals surface area contributed by atoms with Crippen LogP contribution in [0.4, 0.5) is 0 Å². The monoisotopic (exact) mass is 353 g/mol. The minimum Gasteiger partial charge on any atom is -0.480 e. The van der Waals surface area contributed by atoms with E-state index in [2.05, 4.69) is 15.9 Å². The molecule has 0 radical (unpaired) electrons. The maximum atomic E-state index is 12.8. The highest BCUT2D eigenvalue weighted by Gasteiger charge is 2.55. The molecule has 21 heavy (non-hydrogen) atoms. The number of aliphatic hydroxyl groups is 1. The standard InChI is InChI=1S/C15H16BrNO4/c16-10-3-1-9(2-4-10)15(5-6-15)14(21)17-8-11(18)7-12(17)13(19)20/h1-4,11-12,18H,5-8H2,(H,19,20)/t11?,12-/m0/s1. The van der Waals surface area contributed by atoms with Crippen molar-refractivity contribution < 1.29 is 19.8 Å². The van der Waals surface area contributed by atoms with Gasteiger partial charge in [0, 0.05) is 17.4 Å². The van der Waals surface area contributed by atoms with Gasteiger partial charge >= 0.3 is 5.97 Å². The summed E-state index contributed by atoms with van der Waals surface area (Å²) in [5.41, 5.74) is 0.319. The van der Waals surface area contributed by atoms with E-state index in [0.717, 1.165) is 22.9 Å². The Morgan fingerprint density at radius 1 is 1.24 bits per heavy atom. The van der Waals surface area contributed by atoms with Gasteiger partial charge in [-0.05, 0) is 30.5 Å². The van der Waals surface area contributed by atoms with Crippen molar-refractivity contribution in [2.24, 2.45) is 0 Å². The molecule has 2 aliphatic rings. The first-order valence-electron chi connectivity index (χ1n) is 6.92. The van der Waals surface area contributed by atoms with E-state index in [9.17, 15) is 19.8 Å². The Hall–Kier alpha value is -1.40. The van der Waals surface area contributed by atoms with Crippen LogP contribution in [0.5, 0.6) is 0 Å². The topological polar surface area (TPSA) is 77.8 Å². The molecule has 2 fully saturated rings. The van der Waals surface area contributed by atoms with Crippen LogP contribution in [0.2, 0.25) is 0 Å². The van der Waals surface area contributed by atoms with Crippen molar-refractivity contribution in [3.8, 4) is 0 Å². The quantitative estimate of drug-likeness (QED) is 0.863. The Bertz CT molecular complexity index is 582. The molecule has 1 saturated carbocycles. The van der Waals surface area contributed by atoms with Crippen LogP contribution in [-0.4, -0.2) is 45.7 Å². The zero-order chi connectivity index (χ0) is 15.2. The number of β-amino-alcohol motifs (C(OH)–C–C–N with tert-alkyl or cyclic N) is 1. The molecule has 5 nitrogen and oxygen atoms in total. The van der Waals surface area contributed by atoms with Crippen molar-refractivity contribution >= 4 is 27.8 Å². The molecule has 1 aromatic rings. The van der Waals surface area contributed by atoms with E-state index in [0.29, 0.717) is 0 Å². The Balaban J connectivity index is 1.87. The lowest BCUT2D eigenvalue weighted by atomic mass is 9.94. The number of aliphatic carboxylic acids is 1. The van der Waals surface area contributed by atoms with Gasteiger partial charge in [0.15, 0.2) is 0 Å². The van der Waals surface area contributed by atoms with Gasteiger partial charge in [-0.15, -0.1) is 0 Å². The molecule has 1 aliphatic heterocycles. The molecule has 112 valence electrons. The van der Waals surface area contributed by atoms with Crippen LogP contribution in [0.1, 0.15) is 24.8 Å². The van der Waals surface area contributed by atoms with E-state index >= 15 is 0 Å². The van der Waals surface area contributed by atoms with Crippen LogP contribution in [0.3, 0.4) is 0 Å². The summed E-state index contributed by atoms with van der Waals surface area (Å²) in [5, 5.41) is 18.9. The molecule has 6 heteroatoms. The van der Waals surface area contributed by atoms with E-state index < -0.39 is 23.5 Å². The van der Waals surface area contributed by atoms with Crippen LogP contribution in [0.25, 0.3) is 0 Å². The third-order valence-corrected chi connectivity index (χ3v) is 4.91. The Labute approximate surface area is 130 Å².